The van der Waals surface area contributed by atoms with Crippen LogP contribution in [0.5, 0.6) is 0 Å². The fraction of sp³-hybridized carbons (Fsp3) is 0.200. The highest BCUT2D eigenvalue weighted by Gasteiger charge is 2.09. The molecule has 0 amide bonds. The zero-order valence-corrected chi connectivity index (χ0v) is 9.50. The van der Waals surface area contributed by atoms with E-state index in [9.17, 15) is 4.79 Å². The second kappa shape index (κ2) is 5.78. The molecule has 1 N–H and O–H groups in total. The molecule has 80 valence electrons. The number of hydrogen-bond donors (Lipinski definition) is 2. The third-order valence-corrected chi connectivity index (χ3v) is 2.16. The quantitative estimate of drug-likeness (QED) is 0.632. The molecule has 0 spiro atoms. The third-order valence-electron chi connectivity index (χ3n) is 1.69. The molecule has 1 heterocycles. The first-order valence-electron chi connectivity index (χ1n) is 4.32. The first kappa shape index (κ1) is 12.1. The van der Waals surface area contributed by atoms with E-state index in [0.717, 1.165) is 12.2 Å². The van der Waals surface area contributed by atoms with Gasteiger partial charge in [0.2, 0.25) is 0 Å². The van der Waals surface area contributed by atoms with Crippen LogP contribution in [-0.4, -0.2) is 21.8 Å². The summed E-state index contributed by atoms with van der Waals surface area (Å²) in [7, 11) is 0. The molecule has 0 unspecified atom stereocenters. The Hall–Kier alpha value is -1.00. The number of aromatic nitrogens is 1. The Labute approximate surface area is 98.2 Å². The van der Waals surface area contributed by atoms with Gasteiger partial charge in [-0.15, -0.1) is 0 Å². The summed E-state index contributed by atoms with van der Waals surface area (Å²) in [5.74, 6) is -0.358. The summed E-state index contributed by atoms with van der Waals surface area (Å²) in [6, 6.07) is 3.20. The number of carbonyl (C=O) groups is 1. The van der Waals surface area contributed by atoms with Crippen LogP contribution in [-0.2, 0) is 0 Å². The van der Waals surface area contributed by atoms with E-state index in [1.165, 1.54) is 0 Å². The Morgan fingerprint density at radius 2 is 2.33 bits per heavy atom. The van der Waals surface area contributed by atoms with E-state index < -0.39 is 5.97 Å². The van der Waals surface area contributed by atoms with Crippen molar-refractivity contribution in [3.63, 3.8) is 0 Å². The Bertz CT molecular complexity index is 393. The van der Waals surface area contributed by atoms with Crippen molar-refractivity contribution in [3.8, 4) is 0 Å². The van der Waals surface area contributed by atoms with Crippen molar-refractivity contribution in [2.24, 2.45) is 0 Å². The van der Waals surface area contributed by atoms with Crippen LogP contribution < -0.4 is 0 Å². The van der Waals surface area contributed by atoms with Crippen LogP contribution in [0.2, 0.25) is 5.15 Å². The number of thiol groups is 1. The lowest BCUT2D eigenvalue weighted by Crippen LogP contribution is -2.03. The van der Waals surface area contributed by atoms with Gasteiger partial charge in [-0.2, -0.15) is 12.6 Å². The van der Waals surface area contributed by atoms with Gasteiger partial charge in [-0.3, -0.25) is 0 Å². The number of hydrogen-bond acceptors (Lipinski definition) is 3. The van der Waals surface area contributed by atoms with Gasteiger partial charge in [0.05, 0.1) is 0 Å². The fourth-order valence-corrected chi connectivity index (χ4v) is 1.33. The van der Waals surface area contributed by atoms with E-state index in [0.29, 0.717) is 5.56 Å². The first-order chi connectivity index (χ1) is 7.15. The lowest BCUT2D eigenvalue weighted by atomic mass is 10.1. The largest absolute Gasteiger partial charge is 0.476 e. The minimum atomic E-state index is -1.08. The molecule has 0 radical (unpaired) electrons. The Morgan fingerprint density at radius 3 is 2.93 bits per heavy atom. The number of rotatable bonds is 4. The van der Waals surface area contributed by atoms with Crippen molar-refractivity contribution in [1.82, 2.24) is 4.98 Å². The van der Waals surface area contributed by atoms with E-state index in [2.05, 4.69) is 17.6 Å². The zero-order chi connectivity index (χ0) is 11.3. The van der Waals surface area contributed by atoms with Crippen molar-refractivity contribution in [3.05, 3.63) is 34.6 Å². The average molecular weight is 244 g/mol. The van der Waals surface area contributed by atoms with Gasteiger partial charge in [-0.1, -0.05) is 23.8 Å². The second-order valence-corrected chi connectivity index (χ2v) is 3.63. The van der Waals surface area contributed by atoms with Gasteiger partial charge < -0.3 is 5.11 Å². The van der Waals surface area contributed by atoms with Gasteiger partial charge >= 0.3 is 5.97 Å². The first-order valence-corrected chi connectivity index (χ1v) is 5.33. The van der Waals surface area contributed by atoms with Gasteiger partial charge in [-0.05, 0) is 24.3 Å². The van der Waals surface area contributed by atoms with Crippen LogP contribution in [0.25, 0.3) is 6.08 Å². The Kier molecular flexibility index (Phi) is 4.65. The lowest BCUT2D eigenvalue weighted by molar-refractivity contribution is 0.0690. The summed E-state index contributed by atoms with van der Waals surface area (Å²) in [6.45, 7) is 0. The Morgan fingerprint density at radius 1 is 1.60 bits per heavy atom. The van der Waals surface area contributed by atoms with Crippen LogP contribution in [0.15, 0.2) is 18.2 Å². The van der Waals surface area contributed by atoms with Crippen molar-refractivity contribution < 1.29 is 9.90 Å². The highest BCUT2D eigenvalue weighted by Crippen LogP contribution is 2.13. The molecule has 0 bridgehead atoms. The summed E-state index contributed by atoms with van der Waals surface area (Å²) >= 11 is 9.66. The average Bonchev–Trinajstić information content (AvgIpc) is 2.20. The summed E-state index contributed by atoms with van der Waals surface area (Å²) in [5.41, 5.74) is 0.520. The maximum Gasteiger partial charge on any atom is 0.355 e. The number of pyridine rings is 1. The van der Waals surface area contributed by atoms with Crippen LogP contribution in [0.1, 0.15) is 22.5 Å². The number of nitrogens with zero attached hydrogens (tertiary/aromatic N) is 1. The SMILES string of the molecule is O=C(O)c1nc(Cl)ccc1C=CCCS. The van der Waals surface area contributed by atoms with Gasteiger partial charge in [-0.25, -0.2) is 9.78 Å². The van der Waals surface area contributed by atoms with E-state index in [1.807, 2.05) is 6.08 Å². The molecule has 1 aromatic heterocycles. The standard InChI is InChI=1S/C10H10ClNO2S/c11-8-5-4-7(3-1-2-6-15)9(12-8)10(13)14/h1,3-5,15H,2,6H2,(H,13,14). The molecule has 0 aliphatic carbocycles. The molecule has 0 saturated carbocycles. The zero-order valence-electron chi connectivity index (χ0n) is 7.85. The molecule has 0 atom stereocenters. The van der Waals surface area contributed by atoms with E-state index in [4.69, 9.17) is 16.7 Å². The number of allylic oxidation sites excluding steroid dienone is 1. The number of halogens is 1. The maximum absolute atomic E-state index is 10.8. The molecule has 5 heteroatoms. The molecular formula is C10H10ClNO2S. The normalized spacial score (nSPS) is 10.8. The van der Waals surface area contributed by atoms with Gasteiger partial charge in [0.1, 0.15) is 5.15 Å². The molecular weight excluding hydrogens is 234 g/mol. The van der Waals surface area contributed by atoms with E-state index in [1.54, 1.807) is 18.2 Å². The third kappa shape index (κ3) is 3.57. The molecule has 0 aromatic carbocycles. The monoisotopic (exact) mass is 243 g/mol. The van der Waals surface area contributed by atoms with Crippen LogP contribution >= 0.6 is 24.2 Å². The molecule has 3 nitrogen and oxygen atoms in total. The fourth-order valence-electron chi connectivity index (χ4n) is 1.04. The van der Waals surface area contributed by atoms with Crippen LogP contribution in [0.3, 0.4) is 0 Å². The molecule has 0 saturated heterocycles. The highest BCUT2D eigenvalue weighted by molar-refractivity contribution is 7.80. The van der Waals surface area contributed by atoms with Crippen molar-refractivity contribution in [2.45, 2.75) is 6.42 Å². The molecule has 15 heavy (non-hydrogen) atoms. The molecule has 1 rings (SSSR count). The lowest BCUT2D eigenvalue weighted by Gasteiger charge is -2.00. The number of carboxylic acid groups (broad SMARTS) is 1. The van der Waals surface area contributed by atoms with Crippen LogP contribution in [0, 0.1) is 0 Å². The van der Waals surface area contributed by atoms with E-state index >= 15 is 0 Å². The van der Waals surface area contributed by atoms with Crippen molar-refractivity contribution in [1.29, 1.82) is 0 Å². The molecule has 0 fully saturated rings. The highest BCUT2D eigenvalue weighted by atomic mass is 35.5. The predicted octanol–water partition coefficient (Wildman–Crippen LogP) is 2.77. The van der Waals surface area contributed by atoms with Gasteiger partial charge in [0, 0.05) is 5.56 Å². The molecule has 1 aromatic rings. The predicted molar refractivity (Wildman–Crippen MR) is 63.7 cm³/mol. The second-order valence-electron chi connectivity index (χ2n) is 2.79. The summed E-state index contributed by atoms with van der Waals surface area (Å²) in [5, 5.41) is 9.06. The molecule has 0 aliphatic rings. The van der Waals surface area contributed by atoms with Crippen LogP contribution in [0.4, 0.5) is 0 Å². The minimum absolute atomic E-state index is 0.0297. The van der Waals surface area contributed by atoms with Crippen molar-refractivity contribution >= 4 is 36.3 Å². The summed E-state index contributed by atoms with van der Waals surface area (Å²) in [6.07, 6.45) is 4.35. The summed E-state index contributed by atoms with van der Waals surface area (Å²) in [4.78, 5) is 14.6. The topological polar surface area (TPSA) is 50.2 Å². The number of aromatic carboxylic acids is 1. The van der Waals surface area contributed by atoms with Crippen molar-refractivity contribution in [2.75, 3.05) is 5.75 Å². The maximum atomic E-state index is 10.8. The van der Waals surface area contributed by atoms with Gasteiger partial charge in [0.25, 0.3) is 0 Å². The summed E-state index contributed by atoms with van der Waals surface area (Å²) < 4.78 is 0. The smallest absolute Gasteiger partial charge is 0.355 e. The Balaban J connectivity index is 3.01. The molecule has 0 aliphatic heterocycles. The number of carboxylic acids is 1. The van der Waals surface area contributed by atoms with Gasteiger partial charge in [0.15, 0.2) is 5.69 Å². The van der Waals surface area contributed by atoms with E-state index in [-0.39, 0.29) is 10.8 Å². The minimum Gasteiger partial charge on any atom is -0.476 e.